The Morgan fingerprint density at radius 2 is 1.95 bits per heavy atom. The van der Waals surface area contributed by atoms with Gasteiger partial charge in [-0.3, -0.25) is 0 Å². The molecule has 1 aromatic carbocycles. The molecule has 20 heavy (non-hydrogen) atoms. The van der Waals surface area contributed by atoms with E-state index >= 15 is 0 Å². The molecular weight excluding hydrogens is 368 g/mol. The van der Waals surface area contributed by atoms with Gasteiger partial charge in [0.2, 0.25) is 0 Å². The summed E-state index contributed by atoms with van der Waals surface area (Å²) in [6.07, 6.45) is 0. The summed E-state index contributed by atoms with van der Waals surface area (Å²) in [6.45, 7) is 0.557. The number of ether oxygens (including phenoxy) is 2. The Bertz CT molecular complexity index is 614. The first-order chi connectivity index (χ1) is 9.58. The van der Waals surface area contributed by atoms with Crippen LogP contribution in [0.3, 0.4) is 0 Å². The first-order valence-corrected chi connectivity index (χ1v) is 7.64. The molecule has 0 fully saturated rings. The van der Waals surface area contributed by atoms with E-state index in [2.05, 4.69) is 15.9 Å². The fourth-order valence-corrected chi connectivity index (χ4v) is 2.93. The predicted molar refractivity (Wildman–Crippen MR) is 81.4 cm³/mol. The molecule has 0 bridgehead atoms. The number of carboxylic acids is 1. The number of hydrogen-bond donors (Lipinski definition) is 1. The summed E-state index contributed by atoms with van der Waals surface area (Å²) in [5.41, 5.74) is 0. The normalized spacial score (nSPS) is 10.3. The molecule has 2 aromatic rings. The van der Waals surface area contributed by atoms with Crippen LogP contribution < -0.4 is 9.47 Å². The lowest BCUT2D eigenvalue weighted by Crippen LogP contribution is -2.10. The van der Waals surface area contributed by atoms with Gasteiger partial charge in [-0.2, -0.15) is 0 Å². The second-order valence-electron chi connectivity index (χ2n) is 3.69. The molecule has 0 unspecified atom stereocenters. The molecular formula is C13H10BrClO4S. The maximum atomic E-state index is 10.9. The number of hydrogen-bond acceptors (Lipinski definition) is 4. The van der Waals surface area contributed by atoms with Gasteiger partial charge in [-0.05, 0) is 45.6 Å². The van der Waals surface area contributed by atoms with Crippen LogP contribution in [0, 0.1) is 0 Å². The van der Waals surface area contributed by atoms with E-state index in [4.69, 9.17) is 26.2 Å². The Balaban J connectivity index is 1.84. The average molecular weight is 378 g/mol. The van der Waals surface area contributed by atoms with E-state index < -0.39 is 5.97 Å². The Hall–Kier alpha value is -1.24. The van der Waals surface area contributed by atoms with Gasteiger partial charge in [-0.25, -0.2) is 4.79 Å². The van der Waals surface area contributed by atoms with Crippen LogP contribution >= 0.6 is 38.9 Å². The molecule has 106 valence electrons. The number of carbonyl (C=O) groups is 1. The average Bonchev–Trinajstić information content (AvgIpc) is 2.85. The lowest BCUT2D eigenvalue weighted by Gasteiger charge is -2.09. The summed E-state index contributed by atoms with van der Waals surface area (Å²) in [4.78, 5) is 11.1. The molecule has 0 saturated carbocycles. The lowest BCUT2D eigenvalue weighted by atomic mass is 10.3. The van der Waals surface area contributed by atoms with Crippen LogP contribution in [0.2, 0.25) is 5.02 Å². The molecule has 0 aliphatic heterocycles. The van der Waals surface area contributed by atoms with Crippen molar-refractivity contribution in [1.29, 1.82) is 0 Å². The lowest BCUT2D eigenvalue weighted by molar-refractivity contribution is 0.0697. The van der Waals surface area contributed by atoms with E-state index in [1.165, 1.54) is 0 Å². The number of rotatable bonds is 6. The molecule has 0 aliphatic carbocycles. The van der Waals surface area contributed by atoms with E-state index in [-0.39, 0.29) is 11.5 Å². The number of carboxylic acid groups (broad SMARTS) is 1. The van der Waals surface area contributed by atoms with Crippen molar-refractivity contribution in [2.24, 2.45) is 0 Å². The van der Waals surface area contributed by atoms with Gasteiger partial charge in [-0.1, -0.05) is 11.6 Å². The van der Waals surface area contributed by atoms with E-state index in [0.29, 0.717) is 23.1 Å². The van der Waals surface area contributed by atoms with Gasteiger partial charge in [0.25, 0.3) is 0 Å². The zero-order valence-electron chi connectivity index (χ0n) is 10.1. The fourth-order valence-electron chi connectivity index (χ4n) is 1.46. The molecule has 0 amide bonds. The zero-order valence-corrected chi connectivity index (χ0v) is 13.3. The molecule has 0 atom stereocenters. The predicted octanol–water partition coefficient (Wildman–Crippen LogP) is 4.32. The Morgan fingerprint density at radius 3 is 2.60 bits per heavy atom. The van der Waals surface area contributed by atoms with E-state index in [1.807, 2.05) is 0 Å². The van der Waals surface area contributed by atoms with Crippen molar-refractivity contribution in [2.75, 3.05) is 13.2 Å². The quantitative estimate of drug-likeness (QED) is 0.762. The molecule has 0 aliphatic rings. The number of benzene rings is 1. The second-order valence-corrected chi connectivity index (χ2v) is 5.90. The number of thiophene rings is 1. The van der Waals surface area contributed by atoms with Crippen LogP contribution in [0.5, 0.6) is 11.5 Å². The Labute approximate surface area is 133 Å². The Kier molecular flexibility index (Phi) is 5.28. The summed E-state index contributed by atoms with van der Waals surface area (Å²) >= 11 is 10.3. The summed E-state index contributed by atoms with van der Waals surface area (Å²) in [5, 5.41) is 11.2. The summed E-state index contributed by atoms with van der Waals surface area (Å²) in [5.74, 6) is 0.0272. The van der Waals surface area contributed by atoms with Gasteiger partial charge < -0.3 is 14.6 Å². The van der Waals surface area contributed by atoms with Gasteiger partial charge in [0.15, 0.2) is 4.88 Å². The second kappa shape index (κ2) is 6.97. The standard InChI is InChI=1S/C13H10BrClO4S/c14-9-7-8(15)1-2-10(9)18-4-5-19-11-3-6-20-12(11)13(16)17/h1-3,6-7H,4-5H2,(H,16,17). The third-order valence-electron chi connectivity index (χ3n) is 2.32. The third-order valence-corrected chi connectivity index (χ3v) is 4.05. The molecule has 0 spiro atoms. The molecule has 0 saturated heterocycles. The first kappa shape index (κ1) is 15.2. The Morgan fingerprint density at radius 1 is 1.25 bits per heavy atom. The van der Waals surface area contributed by atoms with Crippen LogP contribution in [0.25, 0.3) is 0 Å². The summed E-state index contributed by atoms with van der Waals surface area (Å²) in [6, 6.07) is 6.84. The monoisotopic (exact) mass is 376 g/mol. The largest absolute Gasteiger partial charge is 0.489 e. The smallest absolute Gasteiger partial charge is 0.349 e. The van der Waals surface area contributed by atoms with Gasteiger partial charge in [0, 0.05) is 5.02 Å². The molecule has 7 heteroatoms. The first-order valence-electron chi connectivity index (χ1n) is 5.59. The van der Waals surface area contributed by atoms with Crippen molar-refractivity contribution in [3.63, 3.8) is 0 Å². The zero-order chi connectivity index (χ0) is 14.5. The highest BCUT2D eigenvalue weighted by Gasteiger charge is 2.12. The van der Waals surface area contributed by atoms with Gasteiger partial charge in [-0.15, -0.1) is 11.3 Å². The van der Waals surface area contributed by atoms with Gasteiger partial charge in [0.05, 0.1) is 4.47 Å². The molecule has 4 nitrogen and oxygen atoms in total. The van der Waals surface area contributed by atoms with Crippen LogP contribution in [-0.4, -0.2) is 24.3 Å². The van der Waals surface area contributed by atoms with Crippen molar-refractivity contribution >= 4 is 44.8 Å². The molecule has 1 aromatic heterocycles. The maximum Gasteiger partial charge on any atom is 0.349 e. The number of halogens is 2. The number of aromatic carboxylic acids is 1. The molecule has 2 rings (SSSR count). The van der Waals surface area contributed by atoms with Gasteiger partial charge >= 0.3 is 5.97 Å². The van der Waals surface area contributed by atoms with Crippen molar-refractivity contribution in [3.05, 3.63) is 44.0 Å². The summed E-state index contributed by atoms with van der Waals surface area (Å²) < 4.78 is 11.7. The third kappa shape index (κ3) is 3.88. The van der Waals surface area contributed by atoms with Crippen LogP contribution in [0.4, 0.5) is 0 Å². The fraction of sp³-hybridized carbons (Fsp3) is 0.154. The summed E-state index contributed by atoms with van der Waals surface area (Å²) in [7, 11) is 0. The van der Waals surface area contributed by atoms with Crippen molar-refractivity contribution in [1.82, 2.24) is 0 Å². The topological polar surface area (TPSA) is 55.8 Å². The molecule has 1 N–H and O–H groups in total. The highest BCUT2D eigenvalue weighted by Crippen LogP contribution is 2.28. The van der Waals surface area contributed by atoms with E-state index in [9.17, 15) is 4.79 Å². The minimum atomic E-state index is -0.989. The highest BCUT2D eigenvalue weighted by molar-refractivity contribution is 9.10. The minimum Gasteiger partial charge on any atom is -0.489 e. The SMILES string of the molecule is O=C(O)c1sccc1OCCOc1ccc(Cl)cc1Br. The van der Waals surface area contributed by atoms with Crippen LogP contribution in [-0.2, 0) is 0 Å². The van der Waals surface area contributed by atoms with Crippen molar-refractivity contribution < 1.29 is 19.4 Å². The molecule has 0 radical (unpaired) electrons. The van der Waals surface area contributed by atoms with Gasteiger partial charge in [0.1, 0.15) is 24.7 Å². The van der Waals surface area contributed by atoms with Crippen molar-refractivity contribution in [2.45, 2.75) is 0 Å². The minimum absolute atomic E-state index is 0.192. The van der Waals surface area contributed by atoms with Crippen LogP contribution in [0.15, 0.2) is 34.1 Å². The maximum absolute atomic E-state index is 10.9. The van der Waals surface area contributed by atoms with Crippen molar-refractivity contribution in [3.8, 4) is 11.5 Å². The van der Waals surface area contributed by atoms with Crippen LogP contribution in [0.1, 0.15) is 9.67 Å². The van der Waals surface area contributed by atoms with E-state index in [1.54, 1.807) is 29.6 Å². The highest BCUT2D eigenvalue weighted by atomic mass is 79.9. The molecule has 1 heterocycles. The van der Waals surface area contributed by atoms with E-state index in [0.717, 1.165) is 15.8 Å².